The van der Waals surface area contributed by atoms with Crippen LogP contribution in [0.2, 0.25) is 0 Å². The molecule has 15 heteroatoms. The summed E-state index contributed by atoms with van der Waals surface area (Å²) in [6.45, 7) is 8.85. The standard InChI is InChI=1S/C30H35N5O7S3/c1-5-16-14-30(16,28(39)34-45(40,41)18-8-9-18)33-24(37)20-13-17(15-35(20)27(38)23(36)29(2,3)4)42-25-22(21-7-6-11-43-21)32-26-19(31-25)10-12-44-26/h5-7,10-12,16-18,20,23,36H,1,8-9,13-15H2,2-4H3,(H,33,37)(H,34,39)/t16-,17-,20+,23-,30-/m1/s1. The quantitative estimate of drug-likeness (QED) is 0.274. The molecule has 3 aromatic rings. The molecule has 3 aromatic heterocycles. The maximum absolute atomic E-state index is 13.9. The molecular weight excluding hydrogens is 639 g/mol. The van der Waals surface area contributed by atoms with Gasteiger partial charge in [-0.25, -0.2) is 18.4 Å². The lowest BCUT2D eigenvalue weighted by Crippen LogP contribution is -2.57. The van der Waals surface area contributed by atoms with Crippen LogP contribution in [-0.2, 0) is 24.4 Å². The number of aliphatic hydroxyl groups is 1. The number of amides is 3. The van der Waals surface area contributed by atoms with E-state index in [1.54, 1.807) is 20.8 Å². The number of fused-ring (bicyclic) bond motifs is 1. The lowest BCUT2D eigenvalue weighted by atomic mass is 9.88. The van der Waals surface area contributed by atoms with E-state index in [0.29, 0.717) is 24.1 Å². The van der Waals surface area contributed by atoms with Crippen molar-refractivity contribution < 1.29 is 32.6 Å². The van der Waals surface area contributed by atoms with E-state index >= 15 is 0 Å². The van der Waals surface area contributed by atoms with Crippen LogP contribution in [0.15, 0.2) is 41.6 Å². The monoisotopic (exact) mass is 673 g/mol. The summed E-state index contributed by atoms with van der Waals surface area (Å²) in [5.41, 5.74) is -1.14. The molecule has 3 fully saturated rings. The third kappa shape index (κ3) is 6.10. The zero-order valence-electron chi connectivity index (χ0n) is 25.1. The molecule has 1 saturated heterocycles. The molecule has 0 bridgehead atoms. The summed E-state index contributed by atoms with van der Waals surface area (Å²) in [6.07, 6.45) is 0.539. The van der Waals surface area contributed by atoms with Gasteiger partial charge in [0.05, 0.1) is 16.7 Å². The Morgan fingerprint density at radius 1 is 1.20 bits per heavy atom. The zero-order valence-corrected chi connectivity index (χ0v) is 27.5. The predicted octanol–water partition coefficient (Wildman–Crippen LogP) is 2.84. The fraction of sp³-hybridized carbons (Fsp3) is 0.500. The molecular formula is C30H35N5O7S3. The highest BCUT2D eigenvalue weighted by Crippen LogP contribution is 2.45. The molecule has 5 atom stereocenters. The summed E-state index contributed by atoms with van der Waals surface area (Å²) in [5, 5.41) is 16.9. The normalized spacial score (nSPS) is 25.5. The number of likely N-dealkylation sites (tertiary alicyclic amines) is 1. The molecule has 3 N–H and O–H groups in total. The average molecular weight is 674 g/mol. The van der Waals surface area contributed by atoms with Gasteiger partial charge in [-0.05, 0) is 47.6 Å². The van der Waals surface area contributed by atoms with Crippen LogP contribution in [0, 0.1) is 11.3 Å². The van der Waals surface area contributed by atoms with Gasteiger partial charge in [0.1, 0.15) is 39.8 Å². The van der Waals surface area contributed by atoms with Gasteiger partial charge >= 0.3 is 0 Å². The maximum atomic E-state index is 13.9. The largest absolute Gasteiger partial charge is 0.471 e. The summed E-state index contributed by atoms with van der Waals surface area (Å²) < 4.78 is 33.6. The van der Waals surface area contributed by atoms with Crippen molar-refractivity contribution in [3.8, 4) is 16.5 Å². The third-order valence-electron chi connectivity index (χ3n) is 8.45. The van der Waals surface area contributed by atoms with Crippen LogP contribution >= 0.6 is 22.7 Å². The van der Waals surface area contributed by atoms with Crippen molar-refractivity contribution >= 4 is 60.8 Å². The molecule has 240 valence electrons. The highest BCUT2D eigenvalue weighted by atomic mass is 32.2. The number of carbonyl (C=O) groups is 3. The number of sulfonamides is 1. The topological polar surface area (TPSA) is 168 Å². The lowest BCUT2D eigenvalue weighted by Gasteiger charge is -2.32. The molecule has 2 aliphatic carbocycles. The van der Waals surface area contributed by atoms with Crippen LogP contribution in [0.1, 0.15) is 46.5 Å². The smallest absolute Gasteiger partial charge is 0.259 e. The van der Waals surface area contributed by atoms with E-state index in [0.717, 1.165) is 9.71 Å². The van der Waals surface area contributed by atoms with Crippen molar-refractivity contribution in [1.29, 1.82) is 0 Å². The Labute approximate surface area is 268 Å². The summed E-state index contributed by atoms with van der Waals surface area (Å²) in [7, 11) is -3.86. The van der Waals surface area contributed by atoms with Crippen molar-refractivity contribution in [1.82, 2.24) is 24.9 Å². The van der Waals surface area contributed by atoms with E-state index in [1.165, 1.54) is 33.6 Å². The minimum absolute atomic E-state index is 0.0303. The number of hydrogen-bond acceptors (Lipinski definition) is 11. The Morgan fingerprint density at radius 3 is 2.58 bits per heavy atom. The number of aromatic nitrogens is 2. The summed E-state index contributed by atoms with van der Waals surface area (Å²) in [4.78, 5) is 53.2. The minimum atomic E-state index is -3.86. The second-order valence-corrected chi connectivity index (χ2v) is 16.7. The molecule has 0 unspecified atom stereocenters. The van der Waals surface area contributed by atoms with Gasteiger partial charge in [0.2, 0.25) is 21.8 Å². The van der Waals surface area contributed by atoms with Crippen molar-refractivity contribution in [3.63, 3.8) is 0 Å². The second kappa shape index (κ2) is 11.4. The number of ether oxygens (including phenoxy) is 1. The number of aliphatic hydroxyl groups excluding tert-OH is 1. The molecule has 0 aromatic carbocycles. The first-order valence-corrected chi connectivity index (χ1v) is 18.0. The van der Waals surface area contributed by atoms with Crippen molar-refractivity contribution in [2.45, 2.75) is 75.5 Å². The number of nitrogens with one attached hydrogen (secondary N) is 2. The number of nitrogens with zero attached hydrogens (tertiary/aromatic N) is 3. The van der Waals surface area contributed by atoms with Gasteiger partial charge in [0, 0.05) is 12.3 Å². The Morgan fingerprint density at radius 2 is 1.96 bits per heavy atom. The molecule has 45 heavy (non-hydrogen) atoms. The molecule has 1 aliphatic heterocycles. The second-order valence-electron chi connectivity index (χ2n) is 12.9. The van der Waals surface area contributed by atoms with Crippen LogP contribution in [0.5, 0.6) is 5.88 Å². The molecule has 6 rings (SSSR count). The highest BCUT2D eigenvalue weighted by molar-refractivity contribution is 7.91. The van der Waals surface area contributed by atoms with Crippen LogP contribution < -0.4 is 14.8 Å². The van der Waals surface area contributed by atoms with E-state index in [2.05, 4.69) is 16.6 Å². The zero-order chi connectivity index (χ0) is 32.3. The van der Waals surface area contributed by atoms with E-state index in [-0.39, 0.29) is 25.3 Å². The average Bonchev–Trinajstić information content (AvgIpc) is 3.76. The molecule has 0 spiro atoms. The van der Waals surface area contributed by atoms with Crippen LogP contribution in [0.25, 0.3) is 20.9 Å². The van der Waals surface area contributed by atoms with E-state index < -0.39 is 68.1 Å². The molecule has 3 aliphatic rings. The van der Waals surface area contributed by atoms with Gasteiger partial charge in [0.15, 0.2) is 0 Å². The highest BCUT2D eigenvalue weighted by Gasteiger charge is 2.62. The van der Waals surface area contributed by atoms with E-state index in [9.17, 15) is 27.9 Å². The Hall–Kier alpha value is -3.40. The van der Waals surface area contributed by atoms with Gasteiger partial charge in [-0.1, -0.05) is 32.9 Å². The van der Waals surface area contributed by atoms with Gasteiger partial charge in [-0.3, -0.25) is 19.1 Å². The van der Waals surface area contributed by atoms with Gasteiger partial charge in [-0.2, -0.15) is 0 Å². The van der Waals surface area contributed by atoms with Crippen molar-refractivity contribution in [2.75, 3.05) is 6.54 Å². The third-order valence-corrected chi connectivity index (χ3v) is 11.9. The Bertz CT molecular complexity index is 1760. The molecule has 4 heterocycles. The van der Waals surface area contributed by atoms with E-state index in [1.807, 2.05) is 29.0 Å². The van der Waals surface area contributed by atoms with Crippen LogP contribution in [0.4, 0.5) is 0 Å². The van der Waals surface area contributed by atoms with Crippen molar-refractivity contribution in [3.05, 3.63) is 41.6 Å². The Balaban J connectivity index is 1.28. The number of hydrogen-bond donors (Lipinski definition) is 3. The number of carbonyl (C=O) groups excluding carboxylic acids is 3. The van der Waals surface area contributed by atoms with Crippen LogP contribution in [0.3, 0.4) is 0 Å². The van der Waals surface area contributed by atoms with E-state index in [4.69, 9.17) is 14.7 Å². The number of thiophene rings is 2. The van der Waals surface area contributed by atoms with Crippen LogP contribution in [-0.4, -0.2) is 81.7 Å². The number of rotatable bonds is 10. The molecule has 12 nitrogen and oxygen atoms in total. The predicted molar refractivity (Wildman–Crippen MR) is 170 cm³/mol. The Kier molecular flexibility index (Phi) is 8.03. The first-order chi connectivity index (χ1) is 21.2. The lowest BCUT2D eigenvalue weighted by molar-refractivity contribution is -0.150. The summed E-state index contributed by atoms with van der Waals surface area (Å²) >= 11 is 2.93. The fourth-order valence-electron chi connectivity index (χ4n) is 5.51. The SMILES string of the molecule is C=C[C@@H]1C[C@]1(NC(=O)[C@@H]1C[C@@H](Oc2nc3ccsc3nc2-c2cccs2)CN1C(=O)[C@@H](O)C(C)(C)C)C(=O)NS(=O)(=O)C1CC1. The van der Waals surface area contributed by atoms with Gasteiger partial charge < -0.3 is 20.1 Å². The van der Waals surface area contributed by atoms with Gasteiger partial charge in [-0.15, -0.1) is 29.3 Å². The fourth-order valence-corrected chi connectivity index (χ4v) is 8.28. The molecule has 3 amide bonds. The summed E-state index contributed by atoms with van der Waals surface area (Å²) in [5.74, 6) is -2.37. The first-order valence-electron chi connectivity index (χ1n) is 14.7. The minimum Gasteiger partial charge on any atom is -0.471 e. The molecule has 2 saturated carbocycles. The maximum Gasteiger partial charge on any atom is 0.259 e. The summed E-state index contributed by atoms with van der Waals surface area (Å²) in [6, 6.07) is 4.52. The van der Waals surface area contributed by atoms with Crippen molar-refractivity contribution in [2.24, 2.45) is 11.3 Å². The molecule has 0 radical (unpaired) electrons. The van der Waals surface area contributed by atoms with Gasteiger partial charge in [0.25, 0.3) is 11.8 Å². The first kappa shape index (κ1) is 31.6.